The molecule has 0 unspecified atom stereocenters. The van der Waals surface area contributed by atoms with E-state index < -0.39 is 22.0 Å². The van der Waals surface area contributed by atoms with E-state index in [0.717, 1.165) is 15.4 Å². The van der Waals surface area contributed by atoms with Gasteiger partial charge in [0, 0.05) is 18.9 Å². The summed E-state index contributed by atoms with van der Waals surface area (Å²) in [5.41, 5.74) is 3.25. The highest BCUT2D eigenvalue weighted by Crippen LogP contribution is 2.25. The molecule has 2 heterocycles. The first-order valence-corrected chi connectivity index (χ1v) is 9.64. The minimum atomic E-state index is -3.52. The van der Waals surface area contributed by atoms with Crippen LogP contribution in [0.5, 0.6) is 5.75 Å². The summed E-state index contributed by atoms with van der Waals surface area (Å²) >= 11 is 0. The second-order valence-corrected chi connectivity index (χ2v) is 7.97. The van der Waals surface area contributed by atoms with Crippen molar-refractivity contribution >= 4 is 15.9 Å². The minimum absolute atomic E-state index is 0.0606. The summed E-state index contributed by atoms with van der Waals surface area (Å²) in [6, 6.07) is 9.83. The highest BCUT2D eigenvalue weighted by molar-refractivity contribution is 7.89. The number of nitrogens with one attached hydrogen (secondary N) is 1. The predicted molar refractivity (Wildman–Crippen MR) is 92.7 cm³/mol. The third kappa shape index (κ3) is 4.18. The molecule has 1 saturated heterocycles. The van der Waals surface area contributed by atoms with Crippen LogP contribution in [-0.2, 0) is 28.0 Å². The number of pyridine rings is 1. The number of sulfonamides is 1. The fourth-order valence-corrected chi connectivity index (χ4v) is 4.47. The summed E-state index contributed by atoms with van der Waals surface area (Å²) < 4.78 is 31.1. The molecular formula is C17H19N3O5S. The summed E-state index contributed by atoms with van der Waals surface area (Å²) in [7, 11) is -3.52. The normalized spacial score (nSPS) is 19.2. The van der Waals surface area contributed by atoms with Gasteiger partial charge in [-0.15, -0.1) is 0 Å². The molecule has 0 spiro atoms. The first-order chi connectivity index (χ1) is 12.5. The number of ether oxygens (including phenoxy) is 1. The van der Waals surface area contributed by atoms with Crippen molar-refractivity contribution in [1.29, 1.82) is 0 Å². The number of aromatic nitrogens is 1. The monoisotopic (exact) mass is 377 g/mol. The average Bonchev–Trinajstić information content (AvgIpc) is 2.96. The van der Waals surface area contributed by atoms with E-state index in [1.807, 2.05) is 12.1 Å². The Bertz CT molecular complexity index is 856. The number of hydroxylamine groups is 1. The molecule has 0 bridgehead atoms. The van der Waals surface area contributed by atoms with Gasteiger partial charge in [0.1, 0.15) is 18.4 Å². The van der Waals surface area contributed by atoms with Crippen molar-refractivity contribution in [2.45, 2.75) is 25.6 Å². The molecule has 1 atom stereocenters. The van der Waals surface area contributed by atoms with Gasteiger partial charge in [0.2, 0.25) is 10.0 Å². The summed E-state index contributed by atoms with van der Waals surface area (Å²) in [4.78, 5) is 15.6. The van der Waals surface area contributed by atoms with Crippen LogP contribution in [-0.4, -0.2) is 40.6 Å². The Balaban J connectivity index is 1.65. The molecule has 26 heavy (non-hydrogen) atoms. The molecule has 2 aromatic rings. The Labute approximate surface area is 151 Å². The van der Waals surface area contributed by atoms with Crippen LogP contribution < -0.4 is 10.2 Å². The molecule has 1 aromatic carbocycles. The number of carbonyl (C=O) groups is 1. The SMILES string of the molecule is O=C(NO)[C@@H]1CCS(=O)(=O)N1Cc1ccc(OCc2ccncc2)cc1. The van der Waals surface area contributed by atoms with E-state index in [1.165, 1.54) is 5.48 Å². The summed E-state index contributed by atoms with van der Waals surface area (Å²) in [6.07, 6.45) is 3.54. The second kappa shape index (κ2) is 7.81. The largest absolute Gasteiger partial charge is 0.489 e. The lowest BCUT2D eigenvalue weighted by atomic mass is 10.1. The van der Waals surface area contributed by atoms with Crippen LogP contribution in [0.2, 0.25) is 0 Å². The molecule has 0 aliphatic carbocycles. The maximum atomic E-state index is 12.2. The number of rotatable bonds is 6. The number of hydrogen-bond donors (Lipinski definition) is 2. The van der Waals surface area contributed by atoms with Gasteiger partial charge in [-0.05, 0) is 41.8 Å². The Morgan fingerprint density at radius 2 is 1.88 bits per heavy atom. The molecule has 0 radical (unpaired) electrons. The van der Waals surface area contributed by atoms with E-state index in [1.54, 1.807) is 36.7 Å². The van der Waals surface area contributed by atoms with Gasteiger partial charge >= 0.3 is 0 Å². The highest BCUT2D eigenvalue weighted by atomic mass is 32.2. The zero-order valence-electron chi connectivity index (χ0n) is 13.9. The first kappa shape index (κ1) is 18.3. The number of hydrogen-bond acceptors (Lipinski definition) is 6. The molecule has 2 N–H and O–H groups in total. The molecule has 1 aromatic heterocycles. The zero-order valence-corrected chi connectivity index (χ0v) is 14.7. The third-order valence-corrected chi connectivity index (χ3v) is 6.03. The van der Waals surface area contributed by atoms with Crippen LogP contribution in [0.15, 0.2) is 48.8 Å². The quantitative estimate of drug-likeness (QED) is 0.576. The van der Waals surface area contributed by atoms with Crippen molar-refractivity contribution in [1.82, 2.24) is 14.8 Å². The molecular weight excluding hydrogens is 358 g/mol. The maximum Gasteiger partial charge on any atom is 0.261 e. The number of carbonyl (C=O) groups excluding carboxylic acids is 1. The van der Waals surface area contributed by atoms with Crippen molar-refractivity contribution in [2.75, 3.05) is 5.75 Å². The summed E-state index contributed by atoms with van der Waals surface area (Å²) in [6.45, 7) is 0.464. The van der Waals surface area contributed by atoms with Gasteiger partial charge in [0.05, 0.1) is 5.75 Å². The van der Waals surface area contributed by atoms with E-state index in [9.17, 15) is 13.2 Å². The Hall–Kier alpha value is -2.49. The number of nitrogens with zero attached hydrogens (tertiary/aromatic N) is 2. The smallest absolute Gasteiger partial charge is 0.261 e. The molecule has 1 aliphatic heterocycles. The number of amides is 1. The van der Waals surface area contributed by atoms with Crippen molar-refractivity contribution in [3.63, 3.8) is 0 Å². The summed E-state index contributed by atoms with van der Waals surface area (Å²) in [5.74, 6) is -0.180. The first-order valence-electron chi connectivity index (χ1n) is 8.04. The lowest BCUT2D eigenvalue weighted by molar-refractivity contribution is -0.133. The molecule has 1 aliphatic rings. The molecule has 138 valence electrons. The van der Waals surface area contributed by atoms with Gasteiger partial charge in [-0.25, -0.2) is 13.9 Å². The van der Waals surface area contributed by atoms with Crippen molar-refractivity contribution in [2.24, 2.45) is 0 Å². The number of benzene rings is 1. The van der Waals surface area contributed by atoms with Crippen LogP contribution >= 0.6 is 0 Å². The van der Waals surface area contributed by atoms with Gasteiger partial charge in [-0.1, -0.05) is 12.1 Å². The zero-order chi connectivity index (χ0) is 18.6. The van der Waals surface area contributed by atoms with Gasteiger partial charge in [0.25, 0.3) is 5.91 Å². The Morgan fingerprint density at radius 3 is 2.54 bits per heavy atom. The minimum Gasteiger partial charge on any atom is -0.489 e. The topological polar surface area (TPSA) is 109 Å². The molecule has 3 rings (SSSR count). The van der Waals surface area contributed by atoms with Gasteiger partial charge in [-0.3, -0.25) is 15.0 Å². The lowest BCUT2D eigenvalue weighted by Crippen LogP contribution is -2.43. The van der Waals surface area contributed by atoms with Gasteiger partial charge < -0.3 is 4.74 Å². The van der Waals surface area contributed by atoms with Crippen molar-refractivity contribution in [3.05, 3.63) is 59.9 Å². The highest BCUT2D eigenvalue weighted by Gasteiger charge is 2.41. The predicted octanol–water partition coefficient (Wildman–Crippen LogP) is 1.07. The fraction of sp³-hybridized carbons (Fsp3) is 0.294. The Morgan fingerprint density at radius 1 is 1.19 bits per heavy atom. The van der Waals surface area contributed by atoms with Gasteiger partial charge in [-0.2, -0.15) is 4.31 Å². The lowest BCUT2D eigenvalue weighted by Gasteiger charge is -2.21. The molecule has 0 saturated carbocycles. The average molecular weight is 377 g/mol. The van der Waals surface area contributed by atoms with E-state index in [0.29, 0.717) is 12.4 Å². The summed E-state index contributed by atoms with van der Waals surface area (Å²) in [5, 5.41) is 8.80. The van der Waals surface area contributed by atoms with Crippen LogP contribution in [0, 0.1) is 0 Å². The molecule has 1 fully saturated rings. The van der Waals surface area contributed by atoms with Gasteiger partial charge in [0.15, 0.2) is 0 Å². The van der Waals surface area contributed by atoms with E-state index in [2.05, 4.69) is 4.98 Å². The van der Waals surface area contributed by atoms with Crippen LogP contribution in [0.1, 0.15) is 17.5 Å². The maximum absolute atomic E-state index is 12.2. The Kier molecular flexibility index (Phi) is 5.50. The third-order valence-electron chi connectivity index (χ3n) is 4.18. The van der Waals surface area contributed by atoms with Crippen LogP contribution in [0.25, 0.3) is 0 Å². The van der Waals surface area contributed by atoms with Crippen molar-refractivity contribution < 1.29 is 23.2 Å². The second-order valence-electron chi connectivity index (χ2n) is 5.93. The van der Waals surface area contributed by atoms with E-state index in [4.69, 9.17) is 9.94 Å². The van der Waals surface area contributed by atoms with Crippen LogP contribution in [0.4, 0.5) is 0 Å². The van der Waals surface area contributed by atoms with Crippen molar-refractivity contribution in [3.8, 4) is 5.75 Å². The molecule has 9 heteroatoms. The van der Waals surface area contributed by atoms with Crippen LogP contribution in [0.3, 0.4) is 0 Å². The molecule has 8 nitrogen and oxygen atoms in total. The molecule has 1 amide bonds. The van der Waals surface area contributed by atoms with E-state index in [-0.39, 0.29) is 18.7 Å². The fourth-order valence-electron chi connectivity index (χ4n) is 2.78. The standard InChI is InChI=1S/C17H19N3O5S/c21-17(19-22)16-7-10-26(23,24)20(16)11-13-1-3-15(4-2-13)25-12-14-5-8-18-9-6-14/h1-6,8-9,16,22H,7,10-12H2,(H,19,21)/t16-/m0/s1. The van der Waals surface area contributed by atoms with E-state index >= 15 is 0 Å².